The standard InChI is InChI=1S/C15H11BrO3/c16-14-6-2-5-13-10(9-19-15(13)14)8-18-12-4-1-3-11(17)7-12/h1-7,9,17H,8H2. The highest BCUT2D eigenvalue weighted by Gasteiger charge is 2.08. The number of aromatic hydroxyl groups is 1. The molecule has 2 aromatic carbocycles. The highest BCUT2D eigenvalue weighted by molar-refractivity contribution is 9.10. The number of phenols is 1. The Morgan fingerprint density at radius 3 is 2.84 bits per heavy atom. The maximum absolute atomic E-state index is 9.37. The summed E-state index contributed by atoms with van der Waals surface area (Å²) in [6.45, 7) is 0.396. The van der Waals surface area contributed by atoms with Crippen molar-refractivity contribution in [2.24, 2.45) is 0 Å². The number of hydrogen-bond donors (Lipinski definition) is 1. The van der Waals surface area contributed by atoms with E-state index in [1.54, 1.807) is 30.5 Å². The zero-order valence-corrected chi connectivity index (χ0v) is 11.6. The van der Waals surface area contributed by atoms with Gasteiger partial charge in [-0.15, -0.1) is 0 Å². The predicted molar refractivity (Wildman–Crippen MR) is 76.4 cm³/mol. The SMILES string of the molecule is Oc1cccc(OCc2coc3c(Br)cccc23)c1. The molecule has 0 amide bonds. The van der Waals surface area contributed by atoms with Gasteiger partial charge >= 0.3 is 0 Å². The molecule has 1 N–H and O–H groups in total. The molecule has 3 nitrogen and oxygen atoms in total. The van der Waals surface area contributed by atoms with Gasteiger partial charge in [-0.1, -0.05) is 18.2 Å². The van der Waals surface area contributed by atoms with Crippen LogP contribution in [0, 0.1) is 0 Å². The third-order valence-corrected chi connectivity index (χ3v) is 3.47. The second-order valence-electron chi connectivity index (χ2n) is 4.16. The molecule has 0 aliphatic rings. The Hall–Kier alpha value is -1.94. The number of ether oxygens (including phenoxy) is 1. The Kier molecular flexibility index (Phi) is 3.17. The molecule has 0 aliphatic carbocycles. The van der Waals surface area contributed by atoms with Crippen LogP contribution < -0.4 is 4.74 Å². The zero-order valence-electron chi connectivity index (χ0n) is 9.97. The summed E-state index contributed by atoms with van der Waals surface area (Å²) in [7, 11) is 0. The molecule has 0 spiro atoms. The number of rotatable bonds is 3. The van der Waals surface area contributed by atoms with Crippen LogP contribution in [-0.2, 0) is 6.61 Å². The fraction of sp³-hybridized carbons (Fsp3) is 0.0667. The Morgan fingerprint density at radius 2 is 2.00 bits per heavy atom. The molecule has 19 heavy (non-hydrogen) atoms. The molecule has 3 rings (SSSR count). The number of furan rings is 1. The van der Waals surface area contributed by atoms with E-state index in [1.807, 2.05) is 18.2 Å². The summed E-state index contributed by atoms with van der Waals surface area (Å²) in [6.07, 6.45) is 1.69. The van der Waals surface area contributed by atoms with E-state index in [0.717, 1.165) is 21.0 Å². The number of hydrogen-bond acceptors (Lipinski definition) is 3. The lowest BCUT2D eigenvalue weighted by Crippen LogP contribution is -1.93. The van der Waals surface area contributed by atoms with E-state index in [1.165, 1.54) is 0 Å². The predicted octanol–water partition coefficient (Wildman–Crippen LogP) is 4.48. The van der Waals surface area contributed by atoms with Crippen molar-refractivity contribution in [3.8, 4) is 11.5 Å². The zero-order chi connectivity index (χ0) is 13.2. The van der Waals surface area contributed by atoms with Crippen LogP contribution in [-0.4, -0.2) is 5.11 Å². The quantitative estimate of drug-likeness (QED) is 0.774. The molecule has 3 aromatic rings. The van der Waals surface area contributed by atoms with Gasteiger partial charge in [-0.3, -0.25) is 0 Å². The van der Waals surface area contributed by atoms with Crippen LogP contribution in [0.25, 0.3) is 11.0 Å². The van der Waals surface area contributed by atoms with Gasteiger partial charge in [0.05, 0.1) is 10.7 Å². The average Bonchev–Trinajstić information content (AvgIpc) is 2.81. The largest absolute Gasteiger partial charge is 0.508 e. The van der Waals surface area contributed by atoms with Gasteiger partial charge in [0.2, 0.25) is 0 Å². The van der Waals surface area contributed by atoms with E-state index in [9.17, 15) is 5.11 Å². The van der Waals surface area contributed by atoms with Gasteiger partial charge in [0.15, 0.2) is 0 Å². The van der Waals surface area contributed by atoms with Gasteiger partial charge in [-0.05, 0) is 34.1 Å². The number of para-hydroxylation sites is 1. The molecule has 0 atom stereocenters. The third kappa shape index (κ3) is 2.44. The van der Waals surface area contributed by atoms with Crippen LogP contribution in [0.1, 0.15) is 5.56 Å². The Balaban J connectivity index is 1.84. The summed E-state index contributed by atoms with van der Waals surface area (Å²) in [5.74, 6) is 0.821. The summed E-state index contributed by atoms with van der Waals surface area (Å²) in [5, 5.41) is 10.4. The Bertz CT molecular complexity index is 718. The maximum atomic E-state index is 9.37. The highest BCUT2D eigenvalue weighted by atomic mass is 79.9. The molecule has 1 heterocycles. The normalized spacial score (nSPS) is 10.8. The fourth-order valence-electron chi connectivity index (χ4n) is 1.92. The molecular formula is C15H11BrO3. The van der Waals surface area contributed by atoms with Crippen LogP contribution in [0.5, 0.6) is 11.5 Å². The molecule has 0 radical (unpaired) electrons. The first kappa shape index (κ1) is 12.1. The van der Waals surface area contributed by atoms with Gasteiger partial charge in [0, 0.05) is 17.0 Å². The number of phenolic OH excluding ortho intramolecular Hbond substituents is 1. The molecule has 0 saturated carbocycles. The summed E-state index contributed by atoms with van der Waals surface area (Å²) >= 11 is 3.45. The molecule has 0 saturated heterocycles. The van der Waals surface area contributed by atoms with Crippen molar-refractivity contribution in [1.29, 1.82) is 0 Å². The third-order valence-electron chi connectivity index (χ3n) is 2.84. The topological polar surface area (TPSA) is 42.6 Å². The van der Waals surface area contributed by atoms with Crippen molar-refractivity contribution in [1.82, 2.24) is 0 Å². The number of halogens is 1. The van der Waals surface area contributed by atoms with E-state index < -0.39 is 0 Å². The molecule has 0 aliphatic heterocycles. The fourth-order valence-corrected chi connectivity index (χ4v) is 2.38. The first-order chi connectivity index (χ1) is 9.24. The van der Waals surface area contributed by atoms with Crippen LogP contribution in [0.2, 0.25) is 0 Å². The lowest BCUT2D eigenvalue weighted by atomic mass is 10.2. The monoisotopic (exact) mass is 318 g/mol. The lowest BCUT2D eigenvalue weighted by molar-refractivity contribution is 0.304. The van der Waals surface area contributed by atoms with Crippen LogP contribution in [0.15, 0.2) is 57.6 Å². The maximum Gasteiger partial charge on any atom is 0.148 e. The summed E-state index contributed by atoms with van der Waals surface area (Å²) < 4.78 is 12.1. The molecule has 0 bridgehead atoms. The van der Waals surface area contributed by atoms with Crippen molar-refractivity contribution >= 4 is 26.9 Å². The Labute approximate surface area is 118 Å². The van der Waals surface area contributed by atoms with Crippen molar-refractivity contribution in [3.05, 3.63) is 58.8 Å². The smallest absolute Gasteiger partial charge is 0.148 e. The average molecular weight is 319 g/mol. The van der Waals surface area contributed by atoms with Gasteiger partial charge in [0.1, 0.15) is 23.7 Å². The second-order valence-corrected chi connectivity index (χ2v) is 5.02. The van der Waals surface area contributed by atoms with Gasteiger partial charge < -0.3 is 14.3 Å². The molecule has 0 unspecified atom stereocenters. The first-order valence-corrected chi connectivity index (χ1v) is 6.60. The van der Waals surface area contributed by atoms with Crippen LogP contribution in [0.4, 0.5) is 0 Å². The minimum absolute atomic E-state index is 0.192. The molecular weight excluding hydrogens is 308 g/mol. The van der Waals surface area contributed by atoms with E-state index in [2.05, 4.69) is 15.9 Å². The Morgan fingerprint density at radius 1 is 1.16 bits per heavy atom. The summed E-state index contributed by atoms with van der Waals surface area (Å²) in [6, 6.07) is 12.6. The summed E-state index contributed by atoms with van der Waals surface area (Å²) in [4.78, 5) is 0. The lowest BCUT2D eigenvalue weighted by Gasteiger charge is -2.05. The summed E-state index contributed by atoms with van der Waals surface area (Å²) in [5.41, 5.74) is 1.79. The molecule has 4 heteroatoms. The highest BCUT2D eigenvalue weighted by Crippen LogP contribution is 2.29. The number of benzene rings is 2. The van der Waals surface area contributed by atoms with Crippen molar-refractivity contribution in [2.45, 2.75) is 6.61 Å². The van der Waals surface area contributed by atoms with E-state index in [4.69, 9.17) is 9.15 Å². The molecule has 0 fully saturated rings. The van der Waals surface area contributed by atoms with Gasteiger partial charge in [0.25, 0.3) is 0 Å². The molecule has 96 valence electrons. The van der Waals surface area contributed by atoms with Gasteiger partial charge in [-0.2, -0.15) is 0 Å². The minimum Gasteiger partial charge on any atom is -0.508 e. The van der Waals surface area contributed by atoms with E-state index >= 15 is 0 Å². The van der Waals surface area contributed by atoms with Crippen molar-refractivity contribution in [3.63, 3.8) is 0 Å². The second kappa shape index (κ2) is 4.97. The van der Waals surface area contributed by atoms with Gasteiger partial charge in [-0.25, -0.2) is 0 Å². The van der Waals surface area contributed by atoms with Crippen molar-refractivity contribution in [2.75, 3.05) is 0 Å². The first-order valence-electron chi connectivity index (χ1n) is 5.80. The van der Waals surface area contributed by atoms with Crippen molar-refractivity contribution < 1.29 is 14.3 Å². The minimum atomic E-state index is 0.192. The van der Waals surface area contributed by atoms with E-state index in [-0.39, 0.29) is 5.75 Å². The van der Waals surface area contributed by atoms with Crippen LogP contribution in [0.3, 0.4) is 0 Å². The number of fused-ring (bicyclic) bond motifs is 1. The van der Waals surface area contributed by atoms with Crippen LogP contribution >= 0.6 is 15.9 Å². The van der Waals surface area contributed by atoms with E-state index in [0.29, 0.717) is 12.4 Å². The molecule has 1 aromatic heterocycles.